The molecule has 1 aromatic heterocycles. The van der Waals surface area contributed by atoms with Gasteiger partial charge in [0.25, 0.3) is 0 Å². The third kappa shape index (κ3) is 2.61. The summed E-state index contributed by atoms with van der Waals surface area (Å²) in [6.07, 6.45) is -6.26. The van der Waals surface area contributed by atoms with Crippen molar-refractivity contribution in [1.82, 2.24) is 4.98 Å². The van der Waals surface area contributed by atoms with E-state index in [9.17, 15) is 18.0 Å². The van der Waals surface area contributed by atoms with Crippen molar-refractivity contribution in [3.63, 3.8) is 0 Å². The number of aliphatic hydroxyl groups excluding tert-OH is 1. The molecule has 0 aliphatic carbocycles. The molecule has 0 aliphatic rings. The minimum Gasteiger partial charge on any atom is -0.479 e. The Labute approximate surface area is 92.3 Å². The molecule has 0 saturated carbocycles. The second-order valence-corrected chi connectivity index (χ2v) is 3.24. The number of hydrogen-bond donors (Lipinski definition) is 2. The van der Waals surface area contributed by atoms with Crippen LogP contribution in [-0.2, 0) is 11.0 Å². The van der Waals surface area contributed by atoms with E-state index in [1.807, 2.05) is 0 Å². The lowest BCUT2D eigenvalue weighted by atomic mass is 10.2. The zero-order valence-corrected chi connectivity index (χ0v) is 8.25. The molecule has 0 radical (unpaired) electrons. The number of carboxylic acids is 1. The topological polar surface area (TPSA) is 70.4 Å². The van der Waals surface area contributed by atoms with E-state index in [1.54, 1.807) is 0 Å². The summed E-state index contributed by atoms with van der Waals surface area (Å²) in [6, 6.07) is 0.510. The SMILES string of the molecule is O=C(O)C(O)c1ncc(C(F)(F)F)cc1Cl. The Kier molecular flexibility index (Phi) is 3.39. The minimum atomic E-state index is -4.62. The fraction of sp³-hybridized carbons (Fsp3) is 0.250. The lowest BCUT2D eigenvalue weighted by Crippen LogP contribution is -2.14. The number of rotatable bonds is 2. The number of aliphatic hydroxyl groups is 1. The van der Waals surface area contributed by atoms with Crippen LogP contribution in [-0.4, -0.2) is 21.2 Å². The summed E-state index contributed by atoms with van der Waals surface area (Å²) in [5, 5.41) is 16.9. The van der Waals surface area contributed by atoms with Gasteiger partial charge >= 0.3 is 12.1 Å². The summed E-state index contributed by atoms with van der Waals surface area (Å²) in [6.45, 7) is 0. The van der Waals surface area contributed by atoms with Crippen molar-refractivity contribution >= 4 is 17.6 Å². The third-order valence-corrected chi connectivity index (χ3v) is 1.99. The van der Waals surface area contributed by atoms with E-state index in [4.69, 9.17) is 21.8 Å². The molecule has 1 rings (SSSR count). The highest BCUT2D eigenvalue weighted by molar-refractivity contribution is 6.31. The van der Waals surface area contributed by atoms with E-state index in [0.29, 0.717) is 12.3 Å². The first-order valence-electron chi connectivity index (χ1n) is 3.87. The smallest absolute Gasteiger partial charge is 0.417 e. The summed E-state index contributed by atoms with van der Waals surface area (Å²) < 4.78 is 36.5. The lowest BCUT2D eigenvalue weighted by Gasteiger charge is -2.10. The summed E-state index contributed by atoms with van der Waals surface area (Å²) in [5.74, 6) is -1.64. The number of aliphatic carboxylic acids is 1. The van der Waals surface area contributed by atoms with Crippen molar-refractivity contribution in [2.45, 2.75) is 12.3 Å². The van der Waals surface area contributed by atoms with Crippen LogP contribution in [0.2, 0.25) is 5.02 Å². The van der Waals surface area contributed by atoms with Gasteiger partial charge in [-0.2, -0.15) is 13.2 Å². The molecular weight excluding hydrogens is 251 g/mol. The van der Waals surface area contributed by atoms with Crippen LogP contribution in [0, 0.1) is 0 Å². The van der Waals surface area contributed by atoms with Crippen LogP contribution in [0.1, 0.15) is 17.4 Å². The van der Waals surface area contributed by atoms with Crippen molar-refractivity contribution in [2.24, 2.45) is 0 Å². The number of alkyl halides is 3. The van der Waals surface area contributed by atoms with Crippen LogP contribution >= 0.6 is 11.6 Å². The van der Waals surface area contributed by atoms with Crippen molar-refractivity contribution in [1.29, 1.82) is 0 Å². The third-order valence-electron chi connectivity index (χ3n) is 1.69. The highest BCUT2D eigenvalue weighted by Crippen LogP contribution is 2.32. The first-order chi connectivity index (χ1) is 7.23. The zero-order valence-electron chi connectivity index (χ0n) is 7.49. The molecule has 1 atom stereocenters. The van der Waals surface area contributed by atoms with Crippen LogP contribution in [0.3, 0.4) is 0 Å². The average molecular weight is 256 g/mol. The largest absolute Gasteiger partial charge is 0.479 e. The summed E-state index contributed by atoms with van der Waals surface area (Å²) in [5.41, 5.74) is -1.64. The van der Waals surface area contributed by atoms with Crippen LogP contribution in [0.25, 0.3) is 0 Å². The zero-order chi connectivity index (χ0) is 12.5. The number of pyridine rings is 1. The molecule has 0 bridgehead atoms. The lowest BCUT2D eigenvalue weighted by molar-refractivity contribution is -0.147. The molecule has 1 heterocycles. The first kappa shape index (κ1) is 12.7. The van der Waals surface area contributed by atoms with Gasteiger partial charge < -0.3 is 10.2 Å². The summed E-state index contributed by atoms with van der Waals surface area (Å²) in [7, 11) is 0. The Morgan fingerprint density at radius 3 is 2.44 bits per heavy atom. The Morgan fingerprint density at radius 2 is 2.06 bits per heavy atom. The van der Waals surface area contributed by atoms with Gasteiger partial charge in [0.1, 0.15) is 0 Å². The van der Waals surface area contributed by atoms with E-state index >= 15 is 0 Å². The Hall–Kier alpha value is -1.34. The molecule has 1 aromatic rings. The van der Waals surface area contributed by atoms with Gasteiger partial charge in [-0.05, 0) is 6.07 Å². The second kappa shape index (κ2) is 4.26. The van der Waals surface area contributed by atoms with Gasteiger partial charge in [0.15, 0.2) is 6.10 Å². The Morgan fingerprint density at radius 1 is 1.50 bits per heavy atom. The molecule has 0 aliphatic heterocycles. The number of nitrogens with zero attached hydrogens (tertiary/aromatic N) is 1. The molecule has 0 amide bonds. The van der Waals surface area contributed by atoms with E-state index in [2.05, 4.69) is 4.98 Å². The molecule has 88 valence electrons. The standard InChI is InChI=1S/C8H5ClF3NO3/c9-4-1-3(8(10,11)12)2-13-5(4)6(14)7(15)16/h1-2,6,14H,(H,15,16). The fourth-order valence-electron chi connectivity index (χ4n) is 0.922. The maximum atomic E-state index is 12.2. The fourth-order valence-corrected chi connectivity index (χ4v) is 1.19. The van der Waals surface area contributed by atoms with Gasteiger partial charge in [-0.25, -0.2) is 4.79 Å². The molecule has 0 saturated heterocycles. The number of halogens is 4. The molecule has 4 nitrogen and oxygen atoms in total. The van der Waals surface area contributed by atoms with Crippen molar-refractivity contribution in [3.05, 3.63) is 28.5 Å². The maximum Gasteiger partial charge on any atom is 0.417 e. The van der Waals surface area contributed by atoms with Crippen LogP contribution < -0.4 is 0 Å². The second-order valence-electron chi connectivity index (χ2n) is 2.83. The maximum absolute atomic E-state index is 12.2. The molecule has 0 spiro atoms. The monoisotopic (exact) mass is 255 g/mol. The molecule has 8 heteroatoms. The minimum absolute atomic E-state index is 0.410. The highest BCUT2D eigenvalue weighted by atomic mass is 35.5. The number of carbonyl (C=O) groups is 1. The number of aromatic nitrogens is 1. The van der Waals surface area contributed by atoms with Gasteiger partial charge in [-0.3, -0.25) is 4.98 Å². The molecular formula is C8H5ClF3NO3. The highest BCUT2D eigenvalue weighted by Gasteiger charge is 2.32. The molecule has 1 unspecified atom stereocenters. The van der Waals surface area contributed by atoms with Gasteiger partial charge in [0.05, 0.1) is 16.3 Å². The van der Waals surface area contributed by atoms with E-state index in [1.165, 1.54) is 0 Å². The van der Waals surface area contributed by atoms with Gasteiger partial charge in [0.2, 0.25) is 0 Å². The average Bonchev–Trinajstić information content (AvgIpc) is 2.15. The normalized spacial score (nSPS) is 13.6. The van der Waals surface area contributed by atoms with E-state index in [-0.39, 0.29) is 0 Å². The number of carboxylic acid groups (broad SMARTS) is 1. The summed E-state index contributed by atoms with van der Waals surface area (Å²) in [4.78, 5) is 13.5. The van der Waals surface area contributed by atoms with Crippen LogP contribution in [0.4, 0.5) is 13.2 Å². The van der Waals surface area contributed by atoms with Crippen LogP contribution in [0.5, 0.6) is 0 Å². The van der Waals surface area contributed by atoms with Gasteiger partial charge in [0, 0.05) is 6.20 Å². The number of hydrogen-bond acceptors (Lipinski definition) is 3. The van der Waals surface area contributed by atoms with E-state index in [0.717, 1.165) is 0 Å². The predicted octanol–water partition coefficient (Wildman–Crippen LogP) is 1.87. The van der Waals surface area contributed by atoms with Gasteiger partial charge in [-0.15, -0.1) is 0 Å². The Bertz CT molecular complexity index is 421. The quantitative estimate of drug-likeness (QED) is 0.846. The van der Waals surface area contributed by atoms with Gasteiger partial charge in [-0.1, -0.05) is 11.6 Å². The molecule has 2 N–H and O–H groups in total. The van der Waals surface area contributed by atoms with Crippen LogP contribution in [0.15, 0.2) is 12.3 Å². The van der Waals surface area contributed by atoms with Crippen molar-refractivity contribution in [3.8, 4) is 0 Å². The van der Waals surface area contributed by atoms with E-state index < -0.39 is 34.5 Å². The Balaban J connectivity index is 3.15. The summed E-state index contributed by atoms with van der Waals surface area (Å²) >= 11 is 5.39. The first-order valence-corrected chi connectivity index (χ1v) is 4.25. The van der Waals surface area contributed by atoms with Crippen molar-refractivity contribution < 1.29 is 28.2 Å². The molecule has 0 fully saturated rings. The molecule has 0 aromatic carbocycles. The predicted molar refractivity (Wildman–Crippen MR) is 46.8 cm³/mol. The molecule has 16 heavy (non-hydrogen) atoms. The van der Waals surface area contributed by atoms with Crippen molar-refractivity contribution in [2.75, 3.05) is 0 Å².